The SMILES string of the molecule is CCOC(=O)c1c[nH]c(=O)n(-c2ccc(OC)cc2)c1=O. The van der Waals surface area contributed by atoms with E-state index in [0.717, 1.165) is 10.8 Å². The lowest BCUT2D eigenvalue weighted by Gasteiger charge is -2.07. The van der Waals surface area contributed by atoms with Gasteiger partial charge in [-0.15, -0.1) is 0 Å². The number of H-pyrrole nitrogens is 1. The molecule has 1 N–H and O–H groups in total. The number of rotatable bonds is 4. The Kier molecular flexibility index (Phi) is 4.22. The van der Waals surface area contributed by atoms with Crippen LogP contribution in [-0.2, 0) is 4.74 Å². The molecule has 0 fully saturated rings. The van der Waals surface area contributed by atoms with Gasteiger partial charge in [-0.1, -0.05) is 0 Å². The van der Waals surface area contributed by atoms with E-state index in [1.54, 1.807) is 31.2 Å². The predicted molar refractivity (Wildman–Crippen MR) is 75.2 cm³/mol. The molecule has 0 aliphatic carbocycles. The Hall–Kier alpha value is -2.83. The van der Waals surface area contributed by atoms with Crippen molar-refractivity contribution in [1.29, 1.82) is 0 Å². The number of benzene rings is 1. The van der Waals surface area contributed by atoms with Gasteiger partial charge in [-0.2, -0.15) is 0 Å². The molecule has 21 heavy (non-hydrogen) atoms. The number of nitrogens with one attached hydrogen (secondary N) is 1. The molecule has 0 unspecified atom stereocenters. The van der Waals surface area contributed by atoms with Crippen LogP contribution in [0.25, 0.3) is 5.69 Å². The topological polar surface area (TPSA) is 90.4 Å². The van der Waals surface area contributed by atoms with Gasteiger partial charge in [0.1, 0.15) is 11.3 Å². The molecular formula is C14H14N2O5. The molecule has 0 radical (unpaired) electrons. The summed E-state index contributed by atoms with van der Waals surface area (Å²) in [7, 11) is 1.51. The number of aromatic amines is 1. The summed E-state index contributed by atoms with van der Waals surface area (Å²) < 4.78 is 10.7. The van der Waals surface area contributed by atoms with Gasteiger partial charge >= 0.3 is 11.7 Å². The fraction of sp³-hybridized carbons (Fsp3) is 0.214. The van der Waals surface area contributed by atoms with E-state index in [1.807, 2.05) is 0 Å². The van der Waals surface area contributed by atoms with Crippen molar-refractivity contribution in [2.75, 3.05) is 13.7 Å². The van der Waals surface area contributed by atoms with E-state index in [9.17, 15) is 14.4 Å². The summed E-state index contributed by atoms with van der Waals surface area (Å²) in [5.74, 6) is -0.189. The number of aromatic nitrogens is 2. The zero-order valence-corrected chi connectivity index (χ0v) is 11.6. The average molecular weight is 290 g/mol. The van der Waals surface area contributed by atoms with Crippen LogP contribution in [0.15, 0.2) is 40.1 Å². The summed E-state index contributed by atoms with van der Waals surface area (Å²) >= 11 is 0. The van der Waals surface area contributed by atoms with Crippen LogP contribution in [-0.4, -0.2) is 29.2 Å². The number of methoxy groups -OCH3 is 1. The van der Waals surface area contributed by atoms with Crippen LogP contribution in [0, 0.1) is 0 Å². The van der Waals surface area contributed by atoms with Gasteiger partial charge in [0.2, 0.25) is 0 Å². The molecule has 2 aromatic rings. The quantitative estimate of drug-likeness (QED) is 0.837. The van der Waals surface area contributed by atoms with Gasteiger partial charge in [0, 0.05) is 6.20 Å². The van der Waals surface area contributed by atoms with Crippen molar-refractivity contribution in [3.05, 3.63) is 56.9 Å². The summed E-state index contributed by atoms with van der Waals surface area (Å²) in [5, 5.41) is 0. The Labute approximate surface area is 119 Å². The smallest absolute Gasteiger partial charge is 0.345 e. The number of hydrogen-bond donors (Lipinski definition) is 1. The first-order valence-electron chi connectivity index (χ1n) is 6.24. The van der Waals surface area contributed by atoms with Gasteiger partial charge in [-0.3, -0.25) is 4.79 Å². The molecule has 110 valence electrons. The van der Waals surface area contributed by atoms with E-state index in [1.165, 1.54) is 7.11 Å². The first kappa shape index (κ1) is 14.6. The van der Waals surface area contributed by atoms with Crippen molar-refractivity contribution in [2.45, 2.75) is 6.92 Å². The van der Waals surface area contributed by atoms with Gasteiger partial charge in [0.15, 0.2) is 0 Å². The minimum absolute atomic E-state index is 0.139. The molecule has 0 aliphatic heterocycles. The summed E-state index contributed by atoms with van der Waals surface area (Å²) in [6.45, 7) is 1.77. The zero-order chi connectivity index (χ0) is 15.4. The van der Waals surface area contributed by atoms with Crippen LogP contribution < -0.4 is 16.0 Å². The lowest BCUT2D eigenvalue weighted by atomic mass is 10.3. The molecule has 0 bridgehead atoms. The van der Waals surface area contributed by atoms with E-state index in [2.05, 4.69) is 4.98 Å². The molecule has 0 saturated carbocycles. The van der Waals surface area contributed by atoms with Crippen molar-refractivity contribution < 1.29 is 14.3 Å². The second kappa shape index (κ2) is 6.08. The van der Waals surface area contributed by atoms with E-state index in [-0.39, 0.29) is 12.2 Å². The van der Waals surface area contributed by atoms with Crippen molar-refractivity contribution in [3.63, 3.8) is 0 Å². The molecule has 0 aliphatic rings. The number of ether oxygens (including phenoxy) is 2. The third-order valence-corrected chi connectivity index (χ3v) is 2.80. The first-order chi connectivity index (χ1) is 10.1. The number of carbonyl (C=O) groups excluding carboxylic acids is 1. The molecule has 7 heteroatoms. The molecule has 0 saturated heterocycles. The largest absolute Gasteiger partial charge is 0.497 e. The maximum absolute atomic E-state index is 12.3. The van der Waals surface area contributed by atoms with Gasteiger partial charge in [-0.25, -0.2) is 14.2 Å². The second-order valence-corrected chi connectivity index (χ2v) is 4.07. The lowest BCUT2D eigenvalue weighted by Crippen LogP contribution is -2.37. The zero-order valence-electron chi connectivity index (χ0n) is 11.6. The Morgan fingerprint density at radius 2 is 1.90 bits per heavy atom. The Balaban J connectivity index is 2.57. The van der Waals surface area contributed by atoms with Crippen molar-refractivity contribution in [2.24, 2.45) is 0 Å². The van der Waals surface area contributed by atoms with Crippen molar-refractivity contribution in [3.8, 4) is 11.4 Å². The number of hydrogen-bond acceptors (Lipinski definition) is 5. The van der Waals surface area contributed by atoms with Gasteiger partial charge in [0.25, 0.3) is 5.56 Å². The third kappa shape index (κ3) is 2.86. The predicted octanol–water partition coefficient (Wildman–Crippen LogP) is 0.711. The molecule has 0 atom stereocenters. The normalized spacial score (nSPS) is 10.2. The summed E-state index contributed by atoms with van der Waals surface area (Å²) in [4.78, 5) is 38.2. The highest BCUT2D eigenvalue weighted by Gasteiger charge is 2.16. The highest BCUT2D eigenvalue weighted by Crippen LogP contribution is 2.12. The highest BCUT2D eigenvalue weighted by atomic mass is 16.5. The van der Waals surface area contributed by atoms with E-state index in [4.69, 9.17) is 9.47 Å². The molecule has 0 spiro atoms. The van der Waals surface area contributed by atoms with Crippen LogP contribution in [0.3, 0.4) is 0 Å². The monoisotopic (exact) mass is 290 g/mol. The summed E-state index contributed by atoms with van der Waals surface area (Å²) in [5.41, 5.74) is -1.28. The molecule has 7 nitrogen and oxygen atoms in total. The Morgan fingerprint density at radius 3 is 2.48 bits per heavy atom. The van der Waals surface area contributed by atoms with Crippen LogP contribution >= 0.6 is 0 Å². The molecule has 2 rings (SSSR count). The van der Waals surface area contributed by atoms with Gasteiger partial charge < -0.3 is 14.5 Å². The molecular weight excluding hydrogens is 276 g/mol. The van der Waals surface area contributed by atoms with Crippen LogP contribution in [0.4, 0.5) is 0 Å². The van der Waals surface area contributed by atoms with E-state index < -0.39 is 17.2 Å². The van der Waals surface area contributed by atoms with Crippen molar-refractivity contribution in [1.82, 2.24) is 9.55 Å². The molecule has 1 aromatic carbocycles. The standard InChI is InChI=1S/C14H14N2O5/c1-3-21-13(18)11-8-15-14(19)16(12(11)17)9-4-6-10(20-2)7-5-9/h4-8H,3H2,1-2H3,(H,15,19). The maximum atomic E-state index is 12.3. The maximum Gasteiger partial charge on any atom is 0.345 e. The van der Waals surface area contributed by atoms with Crippen LogP contribution in [0.5, 0.6) is 5.75 Å². The van der Waals surface area contributed by atoms with Gasteiger partial charge in [-0.05, 0) is 31.2 Å². The minimum atomic E-state index is -0.777. The number of carbonyl (C=O) groups is 1. The van der Waals surface area contributed by atoms with Gasteiger partial charge in [0.05, 0.1) is 19.4 Å². The summed E-state index contributed by atoms with van der Waals surface area (Å²) in [6, 6.07) is 6.31. The van der Waals surface area contributed by atoms with Crippen LogP contribution in [0.2, 0.25) is 0 Å². The number of nitrogens with zero attached hydrogens (tertiary/aromatic N) is 1. The number of esters is 1. The van der Waals surface area contributed by atoms with E-state index in [0.29, 0.717) is 11.4 Å². The second-order valence-electron chi connectivity index (χ2n) is 4.07. The van der Waals surface area contributed by atoms with E-state index >= 15 is 0 Å². The summed E-state index contributed by atoms with van der Waals surface area (Å²) in [6.07, 6.45) is 1.06. The van der Waals surface area contributed by atoms with Crippen molar-refractivity contribution >= 4 is 5.97 Å². The highest BCUT2D eigenvalue weighted by molar-refractivity contribution is 5.88. The molecule has 0 amide bonds. The first-order valence-corrected chi connectivity index (χ1v) is 6.24. The minimum Gasteiger partial charge on any atom is -0.497 e. The Morgan fingerprint density at radius 1 is 1.24 bits per heavy atom. The average Bonchev–Trinajstić information content (AvgIpc) is 2.48. The molecule has 1 heterocycles. The van der Waals surface area contributed by atoms with Crippen LogP contribution in [0.1, 0.15) is 17.3 Å². The Bertz CT molecular complexity index is 758. The lowest BCUT2D eigenvalue weighted by molar-refractivity contribution is 0.0523. The third-order valence-electron chi connectivity index (χ3n) is 2.80. The molecule has 1 aromatic heterocycles. The fourth-order valence-electron chi connectivity index (χ4n) is 1.79. The fourth-order valence-corrected chi connectivity index (χ4v) is 1.79.